The van der Waals surface area contributed by atoms with Gasteiger partial charge < -0.3 is 14.8 Å². The summed E-state index contributed by atoms with van der Waals surface area (Å²) in [6, 6.07) is 8.82. The highest BCUT2D eigenvalue weighted by Crippen LogP contribution is 2.36. The van der Waals surface area contributed by atoms with E-state index in [1.807, 2.05) is 17.0 Å². The lowest BCUT2D eigenvalue weighted by molar-refractivity contribution is 0.187. The molecule has 194 valence electrons. The van der Waals surface area contributed by atoms with Crippen molar-refractivity contribution in [2.75, 3.05) is 24.5 Å². The number of nitrogens with zero attached hydrogens (tertiary/aromatic N) is 6. The Bertz CT molecular complexity index is 1500. The van der Waals surface area contributed by atoms with E-state index in [9.17, 15) is 4.79 Å². The Kier molecular flexibility index (Phi) is 5.75. The number of likely N-dealkylation sites (tertiary alicyclic amines) is 1. The number of piperidine rings is 1. The molecule has 8 nitrogen and oxygen atoms in total. The molecule has 0 unspecified atom stereocenters. The summed E-state index contributed by atoms with van der Waals surface area (Å²) < 4.78 is 3.96. The van der Waals surface area contributed by atoms with Crippen molar-refractivity contribution >= 4 is 16.9 Å². The van der Waals surface area contributed by atoms with E-state index in [-0.39, 0.29) is 17.1 Å². The molecule has 6 rings (SSSR count). The molecule has 2 aliphatic rings. The summed E-state index contributed by atoms with van der Waals surface area (Å²) in [5.41, 5.74) is 4.76. The summed E-state index contributed by atoms with van der Waals surface area (Å²) in [5.74, 6) is 0.753. The zero-order chi connectivity index (χ0) is 25.9. The average Bonchev–Trinajstić information content (AvgIpc) is 3.58. The van der Waals surface area contributed by atoms with Crippen molar-refractivity contribution in [3.63, 3.8) is 0 Å². The second-order valence-corrected chi connectivity index (χ2v) is 11.5. The van der Waals surface area contributed by atoms with E-state index in [0.29, 0.717) is 18.3 Å². The fourth-order valence-electron chi connectivity index (χ4n) is 6.33. The fraction of sp³-hybridized carbons (Fsp3) is 0.483. The summed E-state index contributed by atoms with van der Waals surface area (Å²) in [7, 11) is 0. The molecule has 0 amide bonds. The third-order valence-corrected chi connectivity index (χ3v) is 8.19. The molecule has 0 radical (unpaired) electrons. The number of fused-ring (bicyclic) bond motifs is 2. The van der Waals surface area contributed by atoms with Gasteiger partial charge >= 0.3 is 0 Å². The number of H-pyrrole nitrogens is 1. The summed E-state index contributed by atoms with van der Waals surface area (Å²) >= 11 is 0. The van der Waals surface area contributed by atoms with Crippen molar-refractivity contribution in [3.8, 4) is 22.4 Å². The molecule has 1 fully saturated rings. The van der Waals surface area contributed by atoms with Gasteiger partial charge in [-0.3, -0.25) is 14.0 Å². The number of hydrogen-bond acceptors (Lipinski definition) is 5. The molecule has 0 bridgehead atoms. The van der Waals surface area contributed by atoms with Crippen molar-refractivity contribution in [3.05, 3.63) is 53.2 Å². The van der Waals surface area contributed by atoms with E-state index >= 15 is 0 Å². The normalized spacial score (nSPS) is 18.3. The van der Waals surface area contributed by atoms with Crippen LogP contribution in [0.5, 0.6) is 0 Å². The fourth-order valence-corrected chi connectivity index (χ4v) is 6.33. The van der Waals surface area contributed by atoms with Crippen LogP contribution in [0.3, 0.4) is 0 Å². The lowest BCUT2D eigenvalue weighted by Crippen LogP contribution is -2.45. The molecule has 0 saturated carbocycles. The second-order valence-electron chi connectivity index (χ2n) is 11.5. The Morgan fingerprint density at radius 3 is 2.65 bits per heavy atom. The smallest absolute Gasteiger partial charge is 0.255 e. The van der Waals surface area contributed by atoms with Crippen LogP contribution in [0.25, 0.3) is 33.3 Å². The van der Waals surface area contributed by atoms with Gasteiger partial charge in [-0.1, -0.05) is 13.0 Å². The Balaban J connectivity index is 1.35. The Hall–Kier alpha value is -3.39. The third-order valence-electron chi connectivity index (χ3n) is 8.19. The summed E-state index contributed by atoms with van der Waals surface area (Å²) in [5, 5.41) is 5.79. The molecular formula is C29H37N7O. The minimum atomic E-state index is -0.160. The van der Waals surface area contributed by atoms with Gasteiger partial charge in [-0.25, -0.2) is 4.98 Å². The number of aromatic nitrogens is 5. The lowest BCUT2D eigenvalue weighted by Gasteiger charge is -2.35. The third kappa shape index (κ3) is 4.07. The van der Waals surface area contributed by atoms with Crippen LogP contribution >= 0.6 is 0 Å². The van der Waals surface area contributed by atoms with Gasteiger partial charge in [0.25, 0.3) is 5.56 Å². The van der Waals surface area contributed by atoms with Gasteiger partial charge in [0, 0.05) is 59.6 Å². The van der Waals surface area contributed by atoms with Gasteiger partial charge in [0.1, 0.15) is 0 Å². The topological polar surface area (TPSA) is 75.0 Å². The predicted molar refractivity (Wildman–Crippen MR) is 149 cm³/mol. The first kappa shape index (κ1) is 24.0. The standard InChI is InChI=1S/C29H37N7O/c1-6-33-11-9-22(10-12-33)35-17-21(15-31-35)20-7-8-25-23(13-20)24(16-30-25)26-14-27(37)34-18-29(4,5)36(19(2)3)28(34)32-26/h7-8,13-17,19,22,30H,6,9-12,18H2,1-5H3. The monoisotopic (exact) mass is 499 g/mol. The molecular weight excluding hydrogens is 462 g/mol. The first-order chi connectivity index (χ1) is 17.7. The van der Waals surface area contributed by atoms with Gasteiger partial charge in [0.2, 0.25) is 5.95 Å². The van der Waals surface area contributed by atoms with Crippen LogP contribution in [0.15, 0.2) is 47.7 Å². The summed E-state index contributed by atoms with van der Waals surface area (Å²) in [4.78, 5) is 26.4. The van der Waals surface area contributed by atoms with Crippen molar-refractivity contribution < 1.29 is 0 Å². The van der Waals surface area contributed by atoms with Crippen LogP contribution in [-0.4, -0.2) is 60.4 Å². The first-order valence-corrected chi connectivity index (χ1v) is 13.5. The van der Waals surface area contributed by atoms with E-state index < -0.39 is 0 Å². The van der Waals surface area contributed by atoms with E-state index in [1.165, 1.54) is 0 Å². The van der Waals surface area contributed by atoms with Gasteiger partial charge in [0.05, 0.1) is 30.0 Å². The number of rotatable bonds is 5. The molecule has 4 aromatic rings. The molecule has 0 spiro atoms. The van der Waals surface area contributed by atoms with Crippen molar-refractivity contribution in [1.29, 1.82) is 0 Å². The maximum absolute atomic E-state index is 13.2. The minimum Gasteiger partial charge on any atom is -0.360 e. The first-order valence-electron chi connectivity index (χ1n) is 13.5. The number of hydrogen-bond donors (Lipinski definition) is 1. The van der Waals surface area contributed by atoms with Crippen LogP contribution < -0.4 is 10.5 Å². The van der Waals surface area contributed by atoms with E-state index in [4.69, 9.17) is 10.1 Å². The van der Waals surface area contributed by atoms with Crippen LogP contribution in [0, 0.1) is 0 Å². The molecule has 3 aromatic heterocycles. The Morgan fingerprint density at radius 1 is 1.14 bits per heavy atom. The second kappa shape index (κ2) is 8.87. The average molecular weight is 500 g/mol. The number of anilines is 1. The Labute approximate surface area is 217 Å². The summed E-state index contributed by atoms with van der Waals surface area (Å²) in [6.45, 7) is 14.9. The minimum absolute atomic E-state index is 0.00266. The molecule has 37 heavy (non-hydrogen) atoms. The van der Waals surface area contributed by atoms with Crippen LogP contribution in [0.1, 0.15) is 53.5 Å². The van der Waals surface area contributed by atoms with Gasteiger partial charge in [-0.05, 0) is 64.8 Å². The lowest BCUT2D eigenvalue weighted by atomic mass is 10.0. The maximum Gasteiger partial charge on any atom is 0.255 e. The number of aromatic amines is 1. The quantitative estimate of drug-likeness (QED) is 0.422. The number of nitrogens with one attached hydrogen (secondary N) is 1. The van der Waals surface area contributed by atoms with E-state index in [1.54, 1.807) is 6.07 Å². The molecule has 1 aromatic carbocycles. The molecule has 1 saturated heterocycles. The van der Waals surface area contributed by atoms with Crippen LogP contribution in [0.2, 0.25) is 0 Å². The zero-order valence-corrected chi connectivity index (χ0v) is 22.5. The molecule has 5 heterocycles. The van der Waals surface area contributed by atoms with Gasteiger partial charge in [0.15, 0.2) is 0 Å². The SMILES string of the molecule is CCN1CCC(n2cc(-c3ccc4[nH]cc(-c5cc(=O)n6c(n5)N(C(C)C)C(C)(C)C6)c4c3)cn2)CC1. The molecule has 0 atom stereocenters. The van der Waals surface area contributed by atoms with E-state index in [0.717, 1.165) is 66.0 Å². The van der Waals surface area contributed by atoms with Crippen LogP contribution in [-0.2, 0) is 6.54 Å². The van der Waals surface area contributed by atoms with Crippen LogP contribution in [0.4, 0.5) is 5.95 Å². The number of benzene rings is 1. The maximum atomic E-state index is 13.2. The highest BCUT2D eigenvalue weighted by Gasteiger charge is 2.39. The van der Waals surface area contributed by atoms with Crippen molar-refractivity contribution in [1.82, 2.24) is 29.2 Å². The van der Waals surface area contributed by atoms with Gasteiger partial charge in [-0.2, -0.15) is 5.10 Å². The van der Waals surface area contributed by atoms with Crippen molar-refractivity contribution in [2.24, 2.45) is 0 Å². The largest absolute Gasteiger partial charge is 0.360 e. The predicted octanol–water partition coefficient (Wildman–Crippen LogP) is 4.92. The highest BCUT2D eigenvalue weighted by atomic mass is 16.1. The zero-order valence-electron chi connectivity index (χ0n) is 22.5. The Morgan fingerprint density at radius 2 is 1.92 bits per heavy atom. The van der Waals surface area contributed by atoms with Gasteiger partial charge in [-0.15, -0.1) is 0 Å². The van der Waals surface area contributed by atoms with E-state index in [2.05, 4.69) is 78.5 Å². The molecule has 0 aliphatic carbocycles. The molecule has 2 aliphatic heterocycles. The molecule has 1 N–H and O–H groups in total. The molecule has 8 heteroatoms. The summed E-state index contributed by atoms with van der Waals surface area (Å²) in [6.07, 6.45) is 8.40. The van der Waals surface area contributed by atoms with Crippen molar-refractivity contribution in [2.45, 2.75) is 71.6 Å². The highest BCUT2D eigenvalue weighted by molar-refractivity contribution is 5.97.